The van der Waals surface area contributed by atoms with Crippen molar-refractivity contribution in [1.29, 1.82) is 0 Å². The Morgan fingerprint density at radius 1 is 1.50 bits per heavy atom. The Morgan fingerprint density at radius 3 is 2.82 bits per heavy atom. The fourth-order valence-electron chi connectivity index (χ4n) is 2.21. The van der Waals surface area contributed by atoms with Gasteiger partial charge in [-0.15, -0.1) is 6.58 Å². The number of aryl methyl sites for hydroxylation is 1. The van der Waals surface area contributed by atoms with Crippen molar-refractivity contribution in [3.8, 4) is 0 Å². The largest absolute Gasteiger partial charge is 0.390 e. The average Bonchev–Trinajstić information content (AvgIpc) is 2.99. The van der Waals surface area contributed by atoms with Gasteiger partial charge in [0.25, 0.3) is 5.91 Å². The van der Waals surface area contributed by atoms with E-state index in [-0.39, 0.29) is 19.3 Å². The fourth-order valence-corrected chi connectivity index (χ4v) is 2.21. The number of ether oxygens (including phenoxy) is 2. The highest BCUT2D eigenvalue weighted by Gasteiger charge is 2.28. The minimum atomic E-state index is -1.50. The maximum absolute atomic E-state index is 12.2. The van der Waals surface area contributed by atoms with Gasteiger partial charge < -0.3 is 19.7 Å². The molecule has 22 heavy (non-hydrogen) atoms. The van der Waals surface area contributed by atoms with Crippen molar-refractivity contribution in [2.45, 2.75) is 44.5 Å². The second-order valence-corrected chi connectivity index (χ2v) is 5.03. The summed E-state index contributed by atoms with van der Waals surface area (Å²) in [6.07, 6.45) is 1.42. The topological polar surface area (TPSA) is 80.9 Å². The lowest BCUT2D eigenvalue weighted by molar-refractivity contribution is -0.0912. The number of nitrogens with zero attached hydrogens (tertiary/aromatic N) is 1. The number of carbonyl (C=O) groups excluding carboxylic acids is 1. The number of methoxy groups -OCH3 is 1. The molecule has 0 saturated carbocycles. The molecular weight excluding hydrogens is 286 g/mol. The SMILES string of the molecule is C=CC[C@H](C[C@H](O)[C@@H](O)C(=O)n1cccc1CC)OCOC. The quantitative estimate of drug-likeness (QED) is 0.504. The molecule has 0 fully saturated rings. The Labute approximate surface area is 131 Å². The molecular formula is C16H25NO5. The van der Waals surface area contributed by atoms with Gasteiger partial charge in [-0.2, -0.15) is 0 Å². The van der Waals surface area contributed by atoms with Crippen LogP contribution in [0, 0.1) is 0 Å². The lowest BCUT2D eigenvalue weighted by Gasteiger charge is -2.23. The minimum absolute atomic E-state index is 0.0762. The molecule has 0 amide bonds. The van der Waals surface area contributed by atoms with Crippen LogP contribution in [-0.4, -0.2) is 52.9 Å². The maximum atomic E-state index is 12.2. The van der Waals surface area contributed by atoms with Gasteiger partial charge in [0.15, 0.2) is 6.10 Å². The zero-order chi connectivity index (χ0) is 16.5. The smallest absolute Gasteiger partial charge is 0.262 e. The molecule has 0 aliphatic rings. The number of carbonyl (C=O) groups is 1. The van der Waals surface area contributed by atoms with Crippen LogP contribution >= 0.6 is 0 Å². The molecule has 6 nitrogen and oxygen atoms in total. The Balaban J connectivity index is 2.67. The van der Waals surface area contributed by atoms with Gasteiger partial charge in [0.05, 0.1) is 12.2 Å². The summed E-state index contributed by atoms with van der Waals surface area (Å²) in [6.45, 7) is 5.62. The molecule has 1 heterocycles. The molecule has 0 aliphatic carbocycles. The maximum Gasteiger partial charge on any atom is 0.262 e. The van der Waals surface area contributed by atoms with Crippen LogP contribution in [0.15, 0.2) is 31.0 Å². The summed E-state index contributed by atoms with van der Waals surface area (Å²) < 4.78 is 11.6. The van der Waals surface area contributed by atoms with Crippen LogP contribution in [0.3, 0.4) is 0 Å². The van der Waals surface area contributed by atoms with Crippen molar-refractivity contribution >= 4 is 5.91 Å². The molecule has 1 rings (SSSR count). The minimum Gasteiger partial charge on any atom is -0.390 e. The molecule has 1 aromatic rings. The molecule has 3 atom stereocenters. The van der Waals surface area contributed by atoms with Crippen LogP contribution in [-0.2, 0) is 15.9 Å². The van der Waals surface area contributed by atoms with E-state index in [9.17, 15) is 15.0 Å². The summed E-state index contributed by atoms with van der Waals surface area (Å²) >= 11 is 0. The number of aliphatic hydroxyl groups excluding tert-OH is 2. The Hall–Kier alpha value is -1.47. The Bertz CT molecular complexity index is 471. The van der Waals surface area contributed by atoms with Crippen LogP contribution in [0.2, 0.25) is 0 Å². The van der Waals surface area contributed by atoms with Crippen LogP contribution < -0.4 is 0 Å². The van der Waals surface area contributed by atoms with E-state index < -0.39 is 18.1 Å². The first-order chi connectivity index (χ1) is 10.5. The summed E-state index contributed by atoms with van der Waals surface area (Å²) in [7, 11) is 1.50. The van der Waals surface area contributed by atoms with E-state index in [2.05, 4.69) is 6.58 Å². The summed E-state index contributed by atoms with van der Waals surface area (Å²) in [5.74, 6) is -0.543. The van der Waals surface area contributed by atoms with E-state index in [0.29, 0.717) is 12.8 Å². The first-order valence-electron chi connectivity index (χ1n) is 7.33. The van der Waals surface area contributed by atoms with E-state index >= 15 is 0 Å². The zero-order valence-electron chi connectivity index (χ0n) is 13.1. The van der Waals surface area contributed by atoms with Crippen LogP contribution in [0.1, 0.15) is 30.3 Å². The Morgan fingerprint density at radius 2 is 2.23 bits per heavy atom. The van der Waals surface area contributed by atoms with Crippen molar-refractivity contribution in [3.05, 3.63) is 36.7 Å². The predicted molar refractivity (Wildman–Crippen MR) is 82.6 cm³/mol. The number of rotatable bonds is 10. The van der Waals surface area contributed by atoms with E-state index in [1.54, 1.807) is 24.4 Å². The highest BCUT2D eigenvalue weighted by Crippen LogP contribution is 2.14. The second-order valence-electron chi connectivity index (χ2n) is 5.03. The van der Waals surface area contributed by atoms with Crippen molar-refractivity contribution in [2.75, 3.05) is 13.9 Å². The Kier molecular flexibility index (Phi) is 8.05. The van der Waals surface area contributed by atoms with E-state index in [1.165, 1.54) is 11.7 Å². The van der Waals surface area contributed by atoms with Crippen molar-refractivity contribution in [1.82, 2.24) is 4.57 Å². The highest BCUT2D eigenvalue weighted by molar-refractivity contribution is 5.84. The molecule has 1 aromatic heterocycles. The van der Waals surface area contributed by atoms with Gasteiger partial charge >= 0.3 is 0 Å². The summed E-state index contributed by atoms with van der Waals surface area (Å²) in [5, 5.41) is 20.2. The van der Waals surface area contributed by atoms with E-state index in [1.807, 2.05) is 6.92 Å². The predicted octanol–water partition coefficient (Wildman–Crippen LogP) is 1.37. The normalized spacial score (nSPS) is 15.3. The molecule has 2 N–H and O–H groups in total. The third-order valence-electron chi connectivity index (χ3n) is 3.41. The lowest BCUT2D eigenvalue weighted by Crippen LogP contribution is -2.40. The number of aromatic nitrogens is 1. The first kappa shape index (κ1) is 18.6. The van der Waals surface area contributed by atoms with Crippen molar-refractivity contribution in [2.24, 2.45) is 0 Å². The molecule has 0 unspecified atom stereocenters. The molecule has 124 valence electrons. The van der Waals surface area contributed by atoms with E-state index in [4.69, 9.17) is 9.47 Å². The number of hydrogen-bond donors (Lipinski definition) is 2. The third-order valence-corrected chi connectivity index (χ3v) is 3.41. The molecule has 0 aromatic carbocycles. The zero-order valence-corrected chi connectivity index (χ0v) is 13.1. The van der Waals surface area contributed by atoms with Gasteiger partial charge in [-0.05, 0) is 25.0 Å². The monoisotopic (exact) mass is 311 g/mol. The van der Waals surface area contributed by atoms with E-state index in [0.717, 1.165) is 5.69 Å². The van der Waals surface area contributed by atoms with Gasteiger partial charge in [-0.3, -0.25) is 9.36 Å². The standard InChI is InChI=1S/C16H25NO5/c1-4-7-13(22-11-21-3)10-14(18)15(19)16(20)17-9-6-8-12(17)5-2/h4,6,8-9,13-15,18-19H,1,5,7,10-11H2,2-3H3/t13-,14+,15-/m1/s1. The third kappa shape index (κ3) is 5.06. The second kappa shape index (κ2) is 9.53. The molecule has 0 radical (unpaired) electrons. The molecule has 0 spiro atoms. The van der Waals surface area contributed by atoms with Gasteiger partial charge in [-0.1, -0.05) is 13.0 Å². The number of aliphatic hydroxyl groups is 2. The molecule has 0 aliphatic heterocycles. The fraction of sp³-hybridized carbons (Fsp3) is 0.562. The van der Waals surface area contributed by atoms with Gasteiger partial charge in [0.2, 0.25) is 0 Å². The van der Waals surface area contributed by atoms with Crippen molar-refractivity contribution < 1.29 is 24.5 Å². The first-order valence-corrected chi connectivity index (χ1v) is 7.33. The number of hydrogen-bond acceptors (Lipinski definition) is 5. The van der Waals surface area contributed by atoms with Crippen molar-refractivity contribution in [3.63, 3.8) is 0 Å². The lowest BCUT2D eigenvalue weighted by atomic mass is 10.0. The van der Waals surface area contributed by atoms with Crippen LogP contribution in [0.5, 0.6) is 0 Å². The van der Waals surface area contributed by atoms with Crippen LogP contribution in [0.4, 0.5) is 0 Å². The van der Waals surface area contributed by atoms with Gasteiger partial charge in [0, 0.05) is 25.4 Å². The average molecular weight is 311 g/mol. The molecule has 0 saturated heterocycles. The van der Waals surface area contributed by atoms with Gasteiger partial charge in [0.1, 0.15) is 6.79 Å². The summed E-state index contributed by atoms with van der Waals surface area (Å²) in [6, 6.07) is 3.54. The summed E-state index contributed by atoms with van der Waals surface area (Å²) in [5.41, 5.74) is 0.787. The molecule has 6 heteroatoms. The highest BCUT2D eigenvalue weighted by atomic mass is 16.7. The van der Waals surface area contributed by atoms with Crippen LogP contribution in [0.25, 0.3) is 0 Å². The van der Waals surface area contributed by atoms with Gasteiger partial charge in [-0.25, -0.2) is 0 Å². The molecule has 0 bridgehead atoms. The summed E-state index contributed by atoms with van der Waals surface area (Å²) in [4.78, 5) is 12.2.